The van der Waals surface area contributed by atoms with Crippen LogP contribution in [-0.4, -0.2) is 9.97 Å². The average molecular weight is 304 g/mol. The number of nitrogen functional groups attached to an aromatic ring is 1. The van der Waals surface area contributed by atoms with Crippen molar-refractivity contribution in [2.24, 2.45) is 0 Å². The topological polar surface area (TPSA) is 51.8 Å². The third kappa shape index (κ3) is 2.12. The minimum atomic E-state index is 0.530. The smallest absolute Gasteiger partial charge is 0.161 e. The van der Waals surface area contributed by atoms with Crippen LogP contribution in [0, 0.1) is 6.92 Å². The van der Waals surface area contributed by atoms with E-state index in [2.05, 4.69) is 45.0 Å². The van der Waals surface area contributed by atoms with Crippen molar-refractivity contribution in [3.8, 4) is 11.4 Å². The molecular weight excluding hydrogens is 290 g/mol. The summed E-state index contributed by atoms with van der Waals surface area (Å²) in [5, 5.41) is 0. The zero-order chi connectivity index (χ0) is 12.7. The summed E-state index contributed by atoms with van der Waals surface area (Å²) in [6, 6.07) is 8.20. The fourth-order valence-corrected chi connectivity index (χ4v) is 2.44. The van der Waals surface area contributed by atoms with Gasteiger partial charge in [-0.2, -0.15) is 0 Å². The summed E-state index contributed by atoms with van der Waals surface area (Å²) in [5.74, 6) is 1.80. The monoisotopic (exact) mass is 303 g/mol. The number of hydrogen-bond acceptors (Lipinski definition) is 3. The van der Waals surface area contributed by atoms with Crippen LogP contribution in [0.25, 0.3) is 11.4 Å². The van der Waals surface area contributed by atoms with Gasteiger partial charge in [0, 0.05) is 11.5 Å². The fourth-order valence-electron chi connectivity index (χ4n) is 1.94. The van der Waals surface area contributed by atoms with E-state index >= 15 is 0 Å². The highest BCUT2D eigenvalue weighted by Crippen LogP contribution is 2.43. The van der Waals surface area contributed by atoms with Gasteiger partial charge in [0.25, 0.3) is 0 Å². The molecule has 1 saturated carbocycles. The molecule has 0 spiro atoms. The summed E-state index contributed by atoms with van der Waals surface area (Å²) < 4.78 is 0.862. The molecule has 92 valence electrons. The molecule has 0 aliphatic heterocycles. The van der Waals surface area contributed by atoms with Gasteiger partial charge < -0.3 is 5.73 Å². The Morgan fingerprint density at radius 2 is 1.83 bits per heavy atom. The SMILES string of the molecule is Cc1ccc(-c2nc(N)c(Br)c(C3CC3)n2)cc1. The summed E-state index contributed by atoms with van der Waals surface area (Å²) in [6.07, 6.45) is 2.39. The molecule has 1 aromatic carbocycles. The van der Waals surface area contributed by atoms with Crippen molar-refractivity contribution in [2.75, 3.05) is 5.73 Å². The molecule has 18 heavy (non-hydrogen) atoms. The second-order valence-corrected chi connectivity index (χ2v) is 5.56. The van der Waals surface area contributed by atoms with E-state index in [4.69, 9.17) is 5.73 Å². The van der Waals surface area contributed by atoms with Gasteiger partial charge in [-0.25, -0.2) is 9.97 Å². The molecule has 4 heteroatoms. The maximum Gasteiger partial charge on any atom is 0.161 e. The van der Waals surface area contributed by atoms with Crippen LogP contribution in [0.4, 0.5) is 5.82 Å². The summed E-state index contributed by atoms with van der Waals surface area (Å²) in [6.45, 7) is 2.07. The van der Waals surface area contributed by atoms with E-state index in [1.54, 1.807) is 0 Å². The first-order valence-corrected chi connectivity index (χ1v) is 6.84. The Morgan fingerprint density at radius 1 is 1.17 bits per heavy atom. The summed E-state index contributed by atoms with van der Waals surface area (Å²) >= 11 is 3.49. The number of nitrogens with two attached hydrogens (primary N) is 1. The normalized spacial score (nSPS) is 14.8. The number of halogens is 1. The summed E-state index contributed by atoms with van der Waals surface area (Å²) in [4.78, 5) is 9.02. The molecule has 3 nitrogen and oxygen atoms in total. The Kier molecular flexibility index (Phi) is 2.82. The fraction of sp³-hybridized carbons (Fsp3) is 0.286. The zero-order valence-corrected chi connectivity index (χ0v) is 11.7. The van der Waals surface area contributed by atoms with Crippen molar-refractivity contribution in [3.63, 3.8) is 0 Å². The Hall–Kier alpha value is -1.42. The Balaban J connectivity index is 2.09. The van der Waals surface area contributed by atoms with E-state index in [-0.39, 0.29) is 0 Å². The lowest BCUT2D eigenvalue weighted by Crippen LogP contribution is -2.02. The lowest BCUT2D eigenvalue weighted by atomic mass is 10.1. The number of nitrogens with zero attached hydrogens (tertiary/aromatic N) is 2. The van der Waals surface area contributed by atoms with Crippen LogP contribution in [-0.2, 0) is 0 Å². The number of hydrogen-bond donors (Lipinski definition) is 1. The van der Waals surface area contributed by atoms with Crippen LogP contribution in [0.3, 0.4) is 0 Å². The largest absolute Gasteiger partial charge is 0.383 e. The molecule has 0 saturated heterocycles. The summed E-state index contributed by atoms with van der Waals surface area (Å²) in [5.41, 5.74) is 9.25. The summed E-state index contributed by atoms with van der Waals surface area (Å²) in [7, 11) is 0. The van der Waals surface area contributed by atoms with Crippen molar-refractivity contribution in [1.29, 1.82) is 0 Å². The van der Waals surface area contributed by atoms with Gasteiger partial charge in [-0.3, -0.25) is 0 Å². The maximum absolute atomic E-state index is 5.96. The highest BCUT2D eigenvalue weighted by Gasteiger charge is 2.29. The van der Waals surface area contributed by atoms with E-state index in [1.165, 1.54) is 18.4 Å². The Bertz CT molecular complexity index is 589. The third-order valence-corrected chi connectivity index (χ3v) is 3.99. The first-order valence-electron chi connectivity index (χ1n) is 6.05. The predicted octanol–water partition coefficient (Wildman–Crippen LogP) is 3.67. The van der Waals surface area contributed by atoms with Gasteiger partial charge in [0.2, 0.25) is 0 Å². The van der Waals surface area contributed by atoms with Crippen LogP contribution < -0.4 is 5.73 Å². The van der Waals surface area contributed by atoms with E-state index < -0.39 is 0 Å². The molecule has 0 radical (unpaired) electrons. The molecule has 1 aliphatic rings. The molecule has 0 atom stereocenters. The van der Waals surface area contributed by atoms with Gasteiger partial charge in [0.15, 0.2) is 5.82 Å². The van der Waals surface area contributed by atoms with Crippen molar-refractivity contribution in [2.45, 2.75) is 25.7 Å². The van der Waals surface area contributed by atoms with E-state index in [0.717, 1.165) is 21.6 Å². The van der Waals surface area contributed by atoms with Crippen LogP contribution in [0.15, 0.2) is 28.7 Å². The second kappa shape index (κ2) is 4.35. The zero-order valence-electron chi connectivity index (χ0n) is 10.2. The van der Waals surface area contributed by atoms with Crippen molar-refractivity contribution < 1.29 is 0 Å². The van der Waals surface area contributed by atoms with Crippen LogP contribution in [0.1, 0.15) is 30.0 Å². The van der Waals surface area contributed by atoms with Gasteiger partial charge in [-0.15, -0.1) is 0 Å². The molecule has 3 rings (SSSR count). The number of benzene rings is 1. The first kappa shape index (κ1) is 11.7. The minimum Gasteiger partial charge on any atom is -0.383 e. The van der Waals surface area contributed by atoms with Crippen molar-refractivity contribution in [3.05, 3.63) is 40.0 Å². The van der Waals surface area contributed by atoms with E-state index in [1.807, 2.05) is 12.1 Å². The predicted molar refractivity (Wildman–Crippen MR) is 76.3 cm³/mol. The molecule has 1 aromatic heterocycles. The molecule has 0 unspecified atom stereocenters. The molecule has 2 aromatic rings. The van der Waals surface area contributed by atoms with Crippen LogP contribution in [0.2, 0.25) is 0 Å². The third-order valence-electron chi connectivity index (χ3n) is 3.18. The van der Waals surface area contributed by atoms with Gasteiger partial charge >= 0.3 is 0 Å². The van der Waals surface area contributed by atoms with Crippen LogP contribution in [0.5, 0.6) is 0 Å². The van der Waals surface area contributed by atoms with Gasteiger partial charge in [-0.1, -0.05) is 29.8 Å². The lowest BCUT2D eigenvalue weighted by Gasteiger charge is -2.08. The molecule has 2 N–H and O–H groups in total. The second-order valence-electron chi connectivity index (χ2n) is 4.77. The highest BCUT2D eigenvalue weighted by molar-refractivity contribution is 9.10. The molecule has 1 fully saturated rings. The maximum atomic E-state index is 5.96. The molecule has 1 heterocycles. The van der Waals surface area contributed by atoms with Gasteiger partial charge in [-0.05, 0) is 35.7 Å². The molecular formula is C14H14BrN3. The molecule has 0 bridgehead atoms. The lowest BCUT2D eigenvalue weighted by molar-refractivity contribution is 0.984. The average Bonchev–Trinajstić information content (AvgIpc) is 3.18. The number of aryl methyl sites for hydroxylation is 1. The Labute approximate surface area is 115 Å². The van der Waals surface area contributed by atoms with Gasteiger partial charge in [0.05, 0.1) is 10.2 Å². The van der Waals surface area contributed by atoms with E-state index in [0.29, 0.717) is 11.7 Å². The number of aromatic nitrogens is 2. The van der Waals surface area contributed by atoms with Crippen molar-refractivity contribution >= 4 is 21.7 Å². The van der Waals surface area contributed by atoms with E-state index in [9.17, 15) is 0 Å². The van der Waals surface area contributed by atoms with Crippen molar-refractivity contribution in [1.82, 2.24) is 9.97 Å². The standard InChI is InChI=1S/C14H14BrN3/c1-8-2-4-10(5-3-8)14-17-12(9-6-7-9)11(15)13(16)18-14/h2-5,9H,6-7H2,1H3,(H2,16,17,18). The highest BCUT2D eigenvalue weighted by atomic mass is 79.9. The van der Waals surface area contributed by atoms with Crippen LogP contribution >= 0.6 is 15.9 Å². The molecule has 1 aliphatic carbocycles. The Morgan fingerprint density at radius 3 is 2.44 bits per heavy atom. The minimum absolute atomic E-state index is 0.530. The van der Waals surface area contributed by atoms with Gasteiger partial charge in [0.1, 0.15) is 5.82 Å². The quantitative estimate of drug-likeness (QED) is 0.921. The molecule has 0 amide bonds. The number of rotatable bonds is 2. The number of anilines is 1. The first-order chi connectivity index (χ1) is 8.65.